The molecule has 0 atom stereocenters. The summed E-state index contributed by atoms with van der Waals surface area (Å²) in [5.74, 6) is -2.14. The van der Waals surface area contributed by atoms with E-state index >= 15 is 0 Å². The minimum atomic E-state index is -4.73. The van der Waals surface area contributed by atoms with Gasteiger partial charge in [-0.3, -0.25) is 10.1 Å². The summed E-state index contributed by atoms with van der Waals surface area (Å²) in [6.45, 7) is 0. The second kappa shape index (κ2) is 5.47. The van der Waals surface area contributed by atoms with E-state index in [9.17, 15) is 27.7 Å². The van der Waals surface area contributed by atoms with Crippen molar-refractivity contribution in [2.45, 2.75) is 6.18 Å². The number of hydrogen-bond donors (Lipinski definition) is 1. The number of benzene rings is 1. The lowest BCUT2D eigenvalue weighted by molar-refractivity contribution is -0.383. The number of nitrogens with two attached hydrogens (primary N) is 1. The second-order valence-electron chi connectivity index (χ2n) is 4.09. The zero-order valence-corrected chi connectivity index (χ0v) is 10.6. The third kappa shape index (κ3) is 3.22. The van der Waals surface area contributed by atoms with Crippen LogP contribution in [0.1, 0.15) is 5.56 Å². The SMILES string of the molecule is Nc1cc(Oc2ncc(C(F)(F)F)cc2F)ccc1[N+](=O)[O-]. The summed E-state index contributed by atoms with van der Waals surface area (Å²) in [6.07, 6.45) is -4.32. The van der Waals surface area contributed by atoms with Crippen molar-refractivity contribution in [3.05, 3.63) is 52.0 Å². The van der Waals surface area contributed by atoms with E-state index in [1.165, 1.54) is 0 Å². The molecule has 1 aromatic carbocycles. The first-order chi connectivity index (χ1) is 10.2. The van der Waals surface area contributed by atoms with Crippen LogP contribution in [0.2, 0.25) is 0 Å². The van der Waals surface area contributed by atoms with Crippen molar-refractivity contribution in [2.24, 2.45) is 0 Å². The van der Waals surface area contributed by atoms with Gasteiger partial charge in [0.25, 0.3) is 11.6 Å². The molecule has 0 bridgehead atoms. The van der Waals surface area contributed by atoms with Crippen LogP contribution in [0.5, 0.6) is 11.6 Å². The predicted octanol–water partition coefficient (Wildman–Crippen LogP) is 3.52. The number of aromatic nitrogens is 1. The van der Waals surface area contributed by atoms with Crippen LogP contribution in [0.15, 0.2) is 30.5 Å². The monoisotopic (exact) mass is 317 g/mol. The fraction of sp³-hybridized carbons (Fsp3) is 0.0833. The van der Waals surface area contributed by atoms with Crippen LogP contribution in [0.4, 0.5) is 28.9 Å². The summed E-state index contributed by atoms with van der Waals surface area (Å²) in [4.78, 5) is 13.1. The summed E-state index contributed by atoms with van der Waals surface area (Å²) in [7, 11) is 0. The van der Waals surface area contributed by atoms with Crippen molar-refractivity contribution >= 4 is 11.4 Å². The lowest BCUT2D eigenvalue weighted by Crippen LogP contribution is -2.07. The van der Waals surface area contributed by atoms with Crippen LogP contribution in [0, 0.1) is 15.9 Å². The molecule has 0 amide bonds. The maximum atomic E-state index is 13.5. The van der Waals surface area contributed by atoms with Crippen molar-refractivity contribution in [1.29, 1.82) is 0 Å². The summed E-state index contributed by atoms with van der Waals surface area (Å²) in [5, 5.41) is 10.6. The number of halogens is 4. The van der Waals surface area contributed by atoms with Gasteiger partial charge in [-0.2, -0.15) is 13.2 Å². The molecule has 0 saturated carbocycles. The van der Waals surface area contributed by atoms with Gasteiger partial charge >= 0.3 is 6.18 Å². The van der Waals surface area contributed by atoms with E-state index < -0.39 is 28.4 Å². The number of alkyl halides is 3. The highest BCUT2D eigenvalue weighted by atomic mass is 19.4. The highest BCUT2D eigenvalue weighted by Gasteiger charge is 2.32. The van der Waals surface area contributed by atoms with Gasteiger partial charge in [0.1, 0.15) is 11.4 Å². The van der Waals surface area contributed by atoms with E-state index in [1.807, 2.05) is 0 Å². The molecule has 116 valence electrons. The Morgan fingerprint density at radius 2 is 1.95 bits per heavy atom. The Morgan fingerprint density at radius 3 is 2.45 bits per heavy atom. The fourth-order valence-electron chi connectivity index (χ4n) is 1.53. The Morgan fingerprint density at radius 1 is 1.27 bits per heavy atom. The third-order valence-electron chi connectivity index (χ3n) is 2.54. The molecule has 0 aliphatic heterocycles. The van der Waals surface area contributed by atoms with Crippen molar-refractivity contribution in [3.63, 3.8) is 0 Å². The zero-order chi connectivity index (χ0) is 16.5. The molecule has 0 spiro atoms. The standard InChI is InChI=1S/C12H7F4N3O3/c13-8-3-6(12(14,15)16)5-18-11(8)22-7-1-2-10(19(20)21)9(17)4-7/h1-5H,17H2. The van der Waals surface area contributed by atoms with Crippen LogP contribution in [0.25, 0.3) is 0 Å². The van der Waals surface area contributed by atoms with Gasteiger partial charge in [-0.05, 0) is 12.1 Å². The molecule has 1 heterocycles. The number of nitrogen functional groups attached to an aromatic ring is 1. The molecule has 0 radical (unpaired) electrons. The van der Waals surface area contributed by atoms with Gasteiger partial charge in [0, 0.05) is 18.3 Å². The van der Waals surface area contributed by atoms with E-state index in [0.717, 1.165) is 18.2 Å². The maximum absolute atomic E-state index is 13.5. The highest BCUT2D eigenvalue weighted by molar-refractivity contribution is 5.61. The first-order valence-corrected chi connectivity index (χ1v) is 5.63. The number of hydrogen-bond acceptors (Lipinski definition) is 5. The van der Waals surface area contributed by atoms with Gasteiger partial charge in [-0.15, -0.1) is 0 Å². The fourth-order valence-corrected chi connectivity index (χ4v) is 1.53. The molecule has 22 heavy (non-hydrogen) atoms. The molecular formula is C12H7F4N3O3. The van der Waals surface area contributed by atoms with Crippen molar-refractivity contribution in [3.8, 4) is 11.6 Å². The molecule has 0 aliphatic rings. The lowest BCUT2D eigenvalue weighted by atomic mass is 10.2. The quantitative estimate of drug-likeness (QED) is 0.405. The maximum Gasteiger partial charge on any atom is 0.417 e. The largest absolute Gasteiger partial charge is 0.436 e. The van der Waals surface area contributed by atoms with Crippen LogP contribution < -0.4 is 10.5 Å². The van der Waals surface area contributed by atoms with E-state index in [2.05, 4.69) is 4.98 Å². The van der Waals surface area contributed by atoms with E-state index in [-0.39, 0.29) is 23.2 Å². The first-order valence-electron chi connectivity index (χ1n) is 5.63. The smallest absolute Gasteiger partial charge is 0.417 e. The Balaban J connectivity index is 2.28. The van der Waals surface area contributed by atoms with Crippen LogP contribution >= 0.6 is 0 Å². The van der Waals surface area contributed by atoms with Crippen molar-refractivity contribution in [1.82, 2.24) is 4.98 Å². The molecule has 2 aromatic rings. The van der Waals surface area contributed by atoms with Gasteiger partial charge in [0.2, 0.25) is 0 Å². The molecule has 0 fully saturated rings. The lowest BCUT2D eigenvalue weighted by Gasteiger charge is -2.09. The summed E-state index contributed by atoms with van der Waals surface area (Å²) in [5.41, 5.74) is 3.53. The molecule has 10 heteroatoms. The van der Waals surface area contributed by atoms with Gasteiger partial charge in [-0.25, -0.2) is 9.37 Å². The highest BCUT2D eigenvalue weighted by Crippen LogP contribution is 2.33. The molecule has 6 nitrogen and oxygen atoms in total. The molecule has 2 rings (SSSR count). The summed E-state index contributed by atoms with van der Waals surface area (Å²) in [6, 6.07) is 3.41. The van der Waals surface area contributed by atoms with E-state index in [0.29, 0.717) is 6.20 Å². The Hall–Kier alpha value is -2.91. The Kier molecular flexibility index (Phi) is 3.85. The zero-order valence-electron chi connectivity index (χ0n) is 10.6. The van der Waals surface area contributed by atoms with Gasteiger partial charge in [-0.1, -0.05) is 0 Å². The molecule has 2 N–H and O–H groups in total. The van der Waals surface area contributed by atoms with Crippen LogP contribution in [0.3, 0.4) is 0 Å². The van der Waals surface area contributed by atoms with Crippen molar-refractivity contribution in [2.75, 3.05) is 5.73 Å². The number of rotatable bonds is 3. The number of pyridine rings is 1. The summed E-state index contributed by atoms with van der Waals surface area (Å²) >= 11 is 0. The topological polar surface area (TPSA) is 91.3 Å². The van der Waals surface area contributed by atoms with Crippen LogP contribution in [-0.4, -0.2) is 9.91 Å². The Bertz CT molecular complexity index is 734. The average molecular weight is 317 g/mol. The second-order valence-corrected chi connectivity index (χ2v) is 4.09. The minimum absolute atomic E-state index is 0.103. The minimum Gasteiger partial charge on any atom is -0.436 e. The molecule has 0 unspecified atom stereocenters. The van der Waals surface area contributed by atoms with Crippen molar-refractivity contribution < 1.29 is 27.2 Å². The van der Waals surface area contributed by atoms with Gasteiger partial charge in [0.05, 0.1) is 10.5 Å². The predicted molar refractivity (Wildman–Crippen MR) is 66.8 cm³/mol. The molecular weight excluding hydrogens is 310 g/mol. The van der Waals surface area contributed by atoms with Crippen LogP contribution in [-0.2, 0) is 6.18 Å². The van der Waals surface area contributed by atoms with Gasteiger partial charge < -0.3 is 10.5 Å². The number of nitro benzene ring substituents is 1. The third-order valence-corrected chi connectivity index (χ3v) is 2.54. The number of nitro groups is 1. The number of ether oxygens (including phenoxy) is 1. The summed E-state index contributed by atoms with van der Waals surface area (Å²) < 4.78 is 55.6. The Labute approximate surface area is 120 Å². The molecule has 1 aromatic heterocycles. The average Bonchev–Trinajstić information content (AvgIpc) is 2.39. The first kappa shape index (κ1) is 15.5. The molecule has 0 saturated heterocycles. The van der Waals surface area contributed by atoms with E-state index in [4.69, 9.17) is 10.5 Å². The normalized spacial score (nSPS) is 11.3. The number of anilines is 1. The molecule has 0 aliphatic carbocycles. The van der Waals surface area contributed by atoms with Gasteiger partial charge in [0.15, 0.2) is 5.82 Å². The van der Waals surface area contributed by atoms with E-state index in [1.54, 1.807) is 0 Å². The number of nitrogens with zero attached hydrogens (tertiary/aromatic N) is 2.